The number of rotatable bonds is 5. The molecule has 3 rings (SSSR count). The molecule has 1 aromatic heterocycles. The van der Waals surface area contributed by atoms with Crippen LogP contribution in [0.25, 0.3) is 0 Å². The lowest BCUT2D eigenvalue weighted by molar-refractivity contribution is -0.380. The Morgan fingerprint density at radius 1 is 1.52 bits per heavy atom. The number of nitrogens with zero attached hydrogens (tertiary/aromatic N) is 3. The minimum atomic E-state index is -0.572. The number of benzene rings is 1. The topological polar surface area (TPSA) is 115 Å². The molecule has 0 aliphatic carbocycles. The summed E-state index contributed by atoms with van der Waals surface area (Å²) < 4.78 is 5.15. The van der Waals surface area contributed by atoms with Crippen molar-refractivity contribution in [3.05, 3.63) is 40.6 Å². The monoisotopic (exact) mass is 362 g/mol. The van der Waals surface area contributed by atoms with Crippen LogP contribution >= 0.6 is 11.3 Å². The van der Waals surface area contributed by atoms with Crippen molar-refractivity contribution in [3.8, 4) is 5.75 Å². The third-order valence-corrected chi connectivity index (χ3v) is 4.63. The Morgan fingerprint density at radius 3 is 3.00 bits per heavy atom. The molecule has 0 unspecified atom stereocenters. The van der Waals surface area contributed by atoms with Gasteiger partial charge in [0, 0.05) is 24.7 Å². The van der Waals surface area contributed by atoms with E-state index in [1.807, 2.05) is 0 Å². The van der Waals surface area contributed by atoms with E-state index in [1.54, 1.807) is 24.3 Å². The standard InChI is InChI=1S/C15H14N4O5S/c1-24-11-4-2-3-10(6-11)18-8-9(5-12(18)20)14(21)17-15-16-7-13(25-15)19(22)23/h2-4,6-7,9H,5,8H2,1H3,(H,16,17,21)/t9-/m1/s1. The van der Waals surface area contributed by atoms with Gasteiger partial charge < -0.3 is 15.0 Å². The molecule has 1 atom stereocenters. The van der Waals surface area contributed by atoms with E-state index in [0.29, 0.717) is 11.4 Å². The van der Waals surface area contributed by atoms with Gasteiger partial charge in [-0.15, -0.1) is 0 Å². The SMILES string of the molecule is COc1cccc(N2C[C@H](C(=O)Nc3ncc([N+](=O)[O-])s3)CC2=O)c1. The van der Waals surface area contributed by atoms with Crippen molar-refractivity contribution >= 4 is 39.0 Å². The Labute approximate surface area is 146 Å². The second kappa shape index (κ2) is 6.85. The van der Waals surface area contributed by atoms with Crippen LogP contribution in [0.4, 0.5) is 15.8 Å². The first-order valence-corrected chi connectivity index (χ1v) is 8.15. The van der Waals surface area contributed by atoms with E-state index in [1.165, 1.54) is 12.0 Å². The van der Waals surface area contributed by atoms with E-state index in [9.17, 15) is 19.7 Å². The number of ether oxygens (including phenoxy) is 1. The van der Waals surface area contributed by atoms with E-state index in [-0.39, 0.29) is 34.9 Å². The Kier molecular flexibility index (Phi) is 4.61. The Hall–Kier alpha value is -3.01. The maximum Gasteiger partial charge on any atom is 0.345 e. The summed E-state index contributed by atoms with van der Waals surface area (Å²) >= 11 is 0.774. The molecule has 2 heterocycles. The largest absolute Gasteiger partial charge is 0.497 e. The van der Waals surface area contributed by atoms with Gasteiger partial charge in [0.2, 0.25) is 11.8 Å². The third kappa shape index (κ3) is 3.58. The number of carbonyl (C=O) groups excluding carboxylic acids is 2. The average Bonchev–Trinajstić information content (AvgIpc) is 3.21. The number of carbonyl (C=O) groups is 2. The number of amides is 2. The zero-order valence-corrected chi connectivity index (χ0v) is 14.0. The Morgan fingerprint density at radius 2 is 2.32 bits per heavy atom. The van der Waals surface area contributed by atoms with E-state index < -0.39 is 10.8 Å². The van der Waals surface area contributed by atoms with Crippen molar-refractivity contribution in [2.75, 3.05) is 23.9 Å². The Bertz CT molecular complexity index is 837. The highest BCUT2D eigenvalue weighted by atomic mass is 32.1. The summed E-state index contributed by atoms with van der Waals surface area (Å²) in [7, 11) is 1.54. The molecule has 9 nitrogen and oxygen atoms in total. The lowest BCUT2D eigenvalue weighted by atomic mass is 10.1. The summed E-state index contributed by atoms with van der Waals surface area (Å²) in [5.41, 5.74) is 0.657. The normalized spacial score (nSPS) is 16.8. The van der Waals surface area contributed by atoms with Crippen LogP contribution in [0.2, 0.25) is 0 Å². The molecule has 1 aliphatic rings. The number of hydrogen-bond acceptors (Lipinski definition) is 7. The van der Waals surface area contributed by atoms with Gasteiger partial charge in [-0.05, 0) is 23.5 Å². The lowest BCUT2D eigenvalue weighted by Gasteiger charge is -2.17. The van der Waals surface area contributed by atoms with E-state index in [0.717, 1.165) is 17.5 Å². The number of anilines is 2. The van der Waals surface area contributed by atoms with E-state index in [4.69, 9.17) is 4.74 Å². The lowest BCUT2D eigenvalue weighted by Crippen LogP contribution is -2.28. The summed E-state index contributed by atoms with van der Waals surface area (Å²) in [4.78, 5) is 40.0. The highest BCUT2D eigenvalue weighted by molar-refractivity contribution is 7.18. The molecule has 1 aromatic carbocycles. The van der Waals surface area contributed by atoms with Gasteiger partial charge in [0.15, 0.2) is 5.13 Å². The molecule has 0 spiro atoms. The molecule has 1 saturated heterocycles. The first kappa shape index (κ1) is 16.8. The van der Waals surface area contributed by atoms with Crippen molar-refractivity contribution in [3.63, 3.8) is 0 Å². The summed E-state index contributed by atoms with van der Waals surface area (Å²) in [5, 5.41) is 13.2. The smallest absolute Gasteiger partial charge is 0.345 e. The third-order valence-electron chi connectivity index (χ3n) is 3.76. The molecule has 0 radical (unpaired) electrons. The highest BCUT2D eigenvalue weighted by Gasteiger charge is 2.35. The van der Waals surface area contributed by atoms with Crippen molar-refractivity contribution < 1.29 is 19.2 Å². The predicted octanol–water partition coefficient (Wildman–Crippen LogP) is 2.05. The maximum absolute atomic E-state index is 12.3. The number of hydrogen-bond donors (Lipinski definition) is 1. The molecule has 2 aromatic rings. The van der Waals surface area contributed by atoms with Crippen LogP contribution in [-0.2, 0) is 9.59 Å². The zero-order chi connectivity index (χ0) is 18.0. The van der Waals surface area contributed by atoms with E-state index >= 15 is 0 Å². The maximum atomic E-state index is 12.3. The highest BCUT2D eigenvalue weighted by Crippen LogP contribution is 2.30. The van der Waals surface area contributed by atoms with Crippen molar-refractivity contribution in [1.82, 2.24) is 4.98 Å². The van der Waals surface area contributed by atoms with E-state index in [2.05, 4.69) is 10.3 Å². The van der Waals surface area contributed by atoms with Crippen LogP contribution in [0, 0.1) is 16.0 Å². The average molecular weight is 362 g/mol. The van der Waals surface area contributed by atoms with Crippen molar-refractivity contribution in [1.29, 1.82) is 0 Å². The molecule has 2 amide bonds. The number of thiazole rings is 1. The van der Waals surface area contributed by atoms with Gasteiger partial charge >= 0.3 is 5.00 Å². The minimum Gasteiger partial charge on any atom is -0.497 e. The Balaban J connectivity index is 1.68. The molecule has 25 heavy (non-hydrogen) atoms. The van der Waals surface area contributed by atoms with Crippen LogP contribution in [0.15, 0.2) is 30.5 Å². The van der Waals surface area contributed by atoms with Crippen LogP contribution in [0.1, 0.15) is 6.42 Å². The molecule has 1 aliphatic heterocycles. The van der Waals surface area contributed by atoms with Gasteiger partial charge in [-0.2, -0.15) is 0 Å². The van der Waals surface area contributed by atoms with Crippen LogP contribution < -0.4 is 15.0 Å². The van der Waals surface area contributed by atoms with Gasteiger partial charge in [0.1, 0.15) is 11.9 Å². The van der Waals surface area contributed by atoms with Crippen LogP contribution in [-0.4, -0.2) is 35.4 Å². The van der Waals surface area contributed by atoms with Crippen molar-refractivity contribution in [2.24, 2.45) is 5.92 Å². The first-order valence-electron chi connectivity index (χ1n) is 7.33. The van der Waals surface area contributed by atoms with Gasteiger partial charge in [0.05, 0.1) is 18.0 Å². The van der Waals surface area contributed by atoms with Gasteiger partial charge in [0.25, 0.3) is 0 Å². The predicted molar refractivity (Wildman–Crippen MR) is 90.9 cm³/mol. The second-order valence-corrected chi connectivity index (χ2v) is 6.37. The summed E-state index contributed by atoms with van der Waals surface area (Å²) in [5.74, 6) is -0.489. The fourth-order valence-corrected chi connectivity index (χ4v) is 3.16. The van der Waals surface area contributed by atoms with Gasteiger partial charge in [-0.1, -0.05) is 6.07 Å². The molecule has 10 heteroatoms. The summed E-state index contributed by atoms with van der Waals surface area (Å²) in [6, 6.07) is 7.03. The summed E-state index contributed by atoms with van der Waals surface area (Å²) in [6.45, 7) is 0.227. The van der Waals surface area contributed by atoms with Gasteiger partial charge in [-0.25, -0.2) is 4.98 Å². The molecule has 0 bridgehead atoms. The van der Waals surface area contributed by atoms with Crippen LogP contribution in [0.5, 0.6) is 5.75 Å². The zero-order valence-electron chi connectivity index (χ0n) is 13.2. The number of nitro groups is 1. The van der Waals surface area contributed by atoms with Crippen LogP contribution in [0.3, 0.4) is 0 Å². The minimum absolute atomic E-state index is 0.0660. The quantitative estimate of drug-likeness (QED) is 0.643. The molecule has 0 saturated carbocycles. The fourth-order valence-electron chi connectivity index (χ4n) is 2.53. The molecule has 1 fully saturated rings. The number of nitrogens with one attached hydrogen (secondary N) is 1. The van der Waals surface area contributed by atoms with Gasteiger partial charge in [-0.3, -0.25) is 19.7 Å². The fraction of sp³-hybridized carbons (Fsp3) is 0.267. The number of aromatic nitrogens is 1. The molecular weight excluding hydrogens is 348 g/mol. The van der Waals surface area contributed by atoms with Crippen molar-refractivity contribution in [2.45, 2.75) is 6.42 Å². The summed E-state index contributed by atoms with van der Waals surface area (Å²) in [6.07, 6.45) is 1.15. The second-order valence-electron chi connectivity index (χ2n) is 5.36. The molecule has 130 valence electrons. The molecular formula is C15H14N4O5S. The molecule has 1 N–H and O–H groups in total. The first-order chi connectivity index (χ1) is 12.0. The number of methoxy groups -OCH3 is 1.